The van der Waals surface area contributed by atoms with Gasteiger partial charge in [0.1, 0.15) is 5.82 Å². The van der Waals surface area contributed by atoms with Gasteiger partial charge in [0.2, 0.25) is 5.91 Å². The summed E-state index contributed by atoms with van der Waals surface area (Å²) in [6, 6.07) is 2.27. The van der Waals surface area contributed by atoms with E-state index in [-0.39, 0.29) is 11.6 Å². The van der Waals surface area contributed by atoms with Crippen LogP contribution in [-0.4, -0.2) is 11.8 Å². The molecule has 0 saturated carbocycles. The Bertz CT molecular complexity index is 485. The van der Waals surface area contributed by atoms with Gasteiger partial charge in [-0.05, 0) is 32.0 Å². The number of carbonyl (C=O) groups excluding carboxylic acids is 1. The number of rotatable bonds is 3. The number of hydrogen-bond acceptors (Lipinski definition) is 1. The fraction of sp³-hybridized carbons (Fsp3) is 0.417. The molecule has 1 amide bonds. The van der Waals surface area contributed by atoms with E-state index in [0.29, 0.717) is 12.1 Å². The van der Waals surface area contributed by atoms with Crippen LogP contribution in [0.5, 0.6) is 0 Å². The monoisotopic (exact) mass is 297 g/mol. The lowest BCUT2D eigenvalue weighted by atomic mass is 9.95. The topological polar surface area (TPSA) is 29.1 Å². The second kappa shape index (κ2) is 5.36. The number of benzene rings is 1. The van der Waals surface area contributed by atoms with E-state index in [2.05, 4.69) is 5.32 Å². The molecule has 7 heteroatoms. The minimum absolute atomic E-state index is 0.00611. The third-order valence-electron chi connectivity index (χ3n) is 2.48. The van der Waals surface area contributed by atoms with Gasteiger partial charge in [0.05, 0.1) is 11.0 Å². The van der Waals surface area contributed by atoms with Crippen molar-refractivity contribution in [3.8, 4) is 0 Å². The standard InChI is InChI=1S/C12H12ClF4NO/c1-11(2,6-13)10(19)18-7-3-4-9(14)8(5-7)12(15,16)17/h3-5H,6H2,1-2H3,(H,18,19). The van der Waals surface area contributed by atoms with Gasteiger partial charge in [-0.2, -0.15) is 13.2 Å². The summed E-state index contributed by atoms with van der Waals surface area (Å²) in [6.45, 7) is 3.09. The first-order valence-electron chi connectivity index (χ1n) is 5.32. The molecule has 19 heavy (non-hydrogen) atoms. The van der Waals surface area contributed by atoms with Crippen LogP contribution in [0, 0.1) is 11.2 Å². The summed E-state index contributed by atoms with van der Waals surface area (Å²) < 4.78 is 50.5. The Morgan fingerprint density at radius 2 is 1.89 bits per heavy atom. The predicted octanol–water partition coefficient (Wildman–Crippen LogP) is 4.05. The van der Waals surface area contributed by atoms with Crippen LogP contribution < -0.4 is 5.32 Å². The number of amides is 1. The van der Waals surface area contributed by atoms with Crippen LogP contribution in [-0.2, 0) is 11.0 Å². The molecule has 0 unspecified atom stereocenters. The molecule has 0 aliphatic carbocycles. The summed E-state index contributed by atoms with van der Waals surface area (Å²) in [5, 5.41) is 2.28. The Morgan fingerprint density at radius 1 is 1.32 bits per heavy atom. The van der Waals surface area contributed by atoms with Gasteiger partial charge >= 0.3 is 6.18 Å². The molecule has 0 fully saturated rings. The molecule has 1 aromatic carbocycles. The van der Waals surface area contributed by atoms with Crippen LogP contribution in [0.3, 0.4) is 0 Å². The van der Waals surface area contributed by atoms with Gasteiger partial charge in [0.15, 0.2) is 0 Å². The van der Waals surface area contributed by atoms with Crippen molar-refractivity contribution in [2.24, 2.45) is 5.41 Å². The molecule has 0 spiro atoms. The average molecular weight is 298 g/mol. The highest BCUT2D eigenvalue weighted by molar-refractivity contribution is 6.20. The lowest BCUT2D eigenvalue weighted by molar-refractivity contribution is -0.140. The van der Waals surface area contributed by atoms with E-state index in [4.69, 9.17) is 11.6 Å². The first-order valence-corrected chi connectivity index (χ1v) is 5.85. The smallest absolute Gasteiger partial charge is 0.326 e. The molecular formula is C12H12ClF4NO. The van der Waals surface area contributed by atoms with Crippen LogP contribution in [0.1, 0.15) is 19.4 Å². The zero-order valence-electron chi connectivity index (χ0n) is 10.2. The molecule has 0 saturated heterocycles. The Labute approximate surface area is 112 Å². The van der Waals surface area contributed by atoms with Crippen molar-refractivity contribution in [1.82, 2.24) is 0 Å². The maximum atomic E-state index is 13.0. The van der Waals surface area contributed by atoms with Gasteiger partial charge in [0, 0.05) is 11.6 Å². The quantitative estimate of drug-likeness (QED) is 0.662. The first-order chi connectivity index (χ1) is 8.58. The first kappa shape index (κ1) is 15.8. The van der Waals surface area contributed by atoms with E-state index in [1.54, 1.807) is 13.8 Å². The number of alkyl halides is 4. The lowest BCUT2D eigenvalue weighted by Crippen LogP contribution is -2.32. The molecule has 0 heterocycles. The van der Waals surface area contributed by atoms with E-state index in [9.17, 15) is 22.4 Å². The SMILES string of the molecule is CC(C)(CCl)C(=O)Nc1ccc(F)c(C(F)(F)F)c1. The zero-order valence-corrected chi connectivity index (χ0v) is 11.0. The highest BCUT2D eigenvalue weighted by Gasteiger charge is 2.34. The van der Waals surface area contributed by atoms with Gasteiger partial charge in [0.25, 0.3) is 0 Å². The van der Waals surface area contributed by atoms with Crippen LogP contribution >= 0.6 is 11.6 Å². The predicted molar refractivity (Wildman–Crippen MR) is 64.5 cm³/mol. The normalized spacial score (nSPS) is 12.4. The van der Waals surface area contributed by atoms with Crippen molar-refractivity contribution in [1.29, 1.82) is 0 Å². The summed E-state index contributed by atoms with van der Waals surface area (Å²) in [5.41, 5.74) is -2.49. The highest BCUT2D eigenvalue weighted by atomic mass is 35.5. The van der Waals surface area contributed by atoms with E-state index < -0.39 is 28.9 Å². The van der Waals surface area contributed by atoms with Crippen molar-refractivity contribution in [2.75, 3.05) is 11.2 Å². The van der Waals surface area contributed by atoms with Crippen molar-refractivity contribution in [3.63, 3.8) is 0 Å². The second-order valence-electron chi connectivity index (χ2n) is 4.66. The number of anilines is 1. The third kappa shape index (κ3) is 3.83. The van der Waals surface area contributed by atoms with Gasteiger partial charge in [-0.3, -0.25) is 4.79 Å². The Hall–Kier alpha value is -1.30. The van der Waals surface area contributed by atoms with Gasteiger partial charge in [-0.15, -0.1) is 11.6 Å². The molecule has 1 N–H and O–H groups in total. The van der Waals surface area contributed by atoms with Crippen molar-refractivity contribution in [2.45, 2.75) is 20.0 Å². The van der Waals surface area contributed by atoms with Crippen molar-refractivity contribution in [3.05, 3.63) is 29.6 Å². The van der Waals surface area contributed by atoms with Crippen LogP contribution in [0.4, 0.5) is 23.2 Å². The molecule has 0 radical (unpaired) electrons. The van der Waals surface area contributed by atoms with E-state index in [0.717, 1.165) is 6.07 Å². The molecule has 1 rings (SSSR count). The van der Waals surface area contributed by atoms with Crippen LogP contribution in [0.15, 0.2) is 18.2 Å². The zero-order chi connectivity index (χ0) is 14.8. The lowest BCUT2D eigenvalue weighted by Gasteiger charge is -2.20. The third-order valence-corrected chi connectivity index (χ3v) is 3.15. The Balaban J connectivity index is 3.02. The highest BCUT2D eigenvalue weighted by Crippen LogP contribution is 2.33. The summed E-state index contributed by atoms with van der Waals surface area (Å²) >= 11 is 5.58. The van der Waals surface area contributed by atoms with E-state index in [1.165, 1.54) is 0 Å². The average Bonchev–Trinajstić information content (AvgIpc) is 2.30. The van der Waals surface area contributed by atoms with Crippen LogP contribution in [0.2, 0.25) is 0 Å². The van der Waals surface area contributed by atoms with E-state index >= 15 is 0 Å². The van der Waals surface area contributed by atoms with Gasteiger partial charge < -0.3 is 5.32 Å². The summed E-state index contributed by atoms with van der Waals surface area (Å²) in [4.78, 5) is 11.7. The number of nitrogens with one attached hydrogen (secondary N) is 1. The number of halogens is 5. The fourth-order valence-corrected chi connectivity index (χ4v) is 1.30. The number of carbonyl (C=O) groups is 1. The van der Waals surface area contributed by atoms with Gasteiger partial charge in [-0.25, -0.2) is 4.39 Å². The minimum Gasteiger partial charge on any atom is -0.326 e. The summed E-state index contributed by atoms with van der Waals surface area (Å²) in [5.74, 6) is -1.92. The fourth-order valence-electron chi connectivity index (χ4n) is 1.18. The Kier molecular flexibility index (Phi) is 4.45. The molecule has 0 aliphatic rings. The second-order valence-corrected chi connectivity index (χ2v) is 4.93. The maximum absolute atomic E-state index is 13.0. The molecule has 0 bridgehead atoms. The van der Waals surface area contributed by atoms with Gasteiger partial charge in [-0.1, -0.05) is 0 Å². The molecule has 0 aromatic heterocycles. The van der Waals surface area contributed by atoms with E-state index in [1.807, 2.05) is 0 Å². The largest absolute Gasteiger partial charge is 0.419 e. The molecule has 0 atom stereocenters. The molecule has 106 valence electrons. The molecule has 0 aliphatic heterocycles. The van der Waals surface area contributed by atoms with Crippen molar-refractivity contribution >= 4 is 23.2 Å². The Morgan fingerprint density at radius 3 is 2.37 bits per heavy atom. The molecular weight excluding hydrogens is 286 g/mol. The molecule has 2 nitrogen and oxygen atoms in total. The van der Waals surface area contributed by atoms with Crippen molar-refractivity contribution < 1.29 is 22.4 Å². The number of hydrogen-bond donors (Lipinski definition) is 1. The maximum Gasteiger partial charge on any atom is 0.419 e. The summed E-state index contributed by atoms with van der Waals surface area (Å²) in [6.07, 6.45) is -4.81. The molecule has 1 aromatic rings. The minimum atomic E-state index is -4.81. The summed E-state index contributed by atoms with van der Waals surface area (Å²) in [7, 11) is 0. The van der Waals surface area contributed by atoms with Crippen LogP contribution in [0.25, 0.3) is 0 Å².